The minimum Gasteiger partial charge on any atom is -0.493 e. The van der Waals surface area contributed by atoms with Crippen molar-refractivity contribution in [1.82, 2.24) is 0 Å². The first-order chi connectivity index (χ1) is 8.47. The second kappa shape index (κ2) is 6.64. The lowest BCUT2D eigenvalue weighted by Gasteiger charge is -2.10. The van der Waals surface area contributed by atoms with Gasteiger partial charge in [-0.1, -0.05) is 19.9 Å². The molecule has 0 aliphatic heterocycles. The summed E-state index contributed by atoms with van der Waals surface area (Å²) in [4.78, 5) is 21.6. The average molecular weight is 251 g/mol. The zero-order valence-corrected chi connectivity index (χ0v) is 10.5. The number of carboxylic acid groups (broad SMARTS) is 1. The number of benzene rings is 1. The van der Waals surface area contributed by atoms with Crippen LogP contribution in [0.4, 0.5) is 5.69 Å². The third-order valence-electron chi connectivity index (χ3n) is 2.01. The molecule has 98 valence electrons. The van der Waals surface area contributed by atoms with Gasteiger partial charge in [-0.05, 0) is 18.1 Å². The topological polar surface area (TPSA) is 75.6 Å². The molecular formula is C13H17NO4. The van der Waals surface area contributed by atoms with E-state index in [2.05, 4.69) is 5.32 Å². The van der Waals surface area contributed by atoms with E-state index in [1.54, 1.807) is 24.3 Å². The average Bonchev–Trinajstić information content (AvgIpc) is 2.25. The molecule has 0 atom stereocenters. The van der Waals surface area contributed by atoms with E-state index in [1.807, 2.05) is 13.8 Å². The molecule has 5 nitrogen and oxygen atoms in total. The van der Waals surface area contributed by atoms with Crippen molar-refractivity contribution in [1.29, 1.82) is 0 Å². The molecule has 0 unspecified atom stereocenters. The third kappa shape index (κ3) is 5.34. The number of anilines is 1. The molecular weight excluding hydrogens is 234 g/mol. The van der Waals surface area contributed by atoms with Crippen LogP contribution >= 0.6 is 0 Å². The minimum absolute atomic E-state index is 0.412. The molecule has 0 fully saturated rings. The fourth-order valence-electron chi connectivity index (χ4n) is 1.27. The predicted octanol–water partition coefficient (Wildman–Crippen LogP) is 2.13. The van der Waals surface area contributed by atoms with Crippen LogP contribution in [0.25, 0.3) is 0 Å². The summed E-state index contributed by atoms with van der Waals surface area (Å²) in [6, 6.07) is 6.88. The van der Waals surface area contributed by atoms with Crippen molar-refractivity contribution >= 4 is 17.6 Å². The first-order valence-electron chi connectivity index (χ1n) is 5.72. The fourth-order valence-corrected chi connectivity index (χ4v) is 1.27. The Morgan fingerprint density at radius 1 is 1.39 bits per heavy atom. The Morgan fingerprint density at radius 2 is 2.11 bits per heavy atom. The second-order valence-corrected chi connectivity index (χ2v) is 4.35. The minimum atomic E-state index is -1.15. The number of aliphatic carboxylic acids is 1. The van der Waals surface area contributed by atoms with Gasteiger partial charge in [0.25, 0.3) is 0 Å². The largest absolute Gasteiger partial charge is 0.493 e. The van der Waals surface area contributed by atoms with Gasteiger partial charge >= 0.3 is 5.97 Å². The van der Waals surface area contributed by atoms with Crippen molar-refractivity contribution in [3.8, 4) is 5.75 Å². The summed E-state index contributed by atoms with van der Waals surface area (Å²) in [5, 5.41) is 11.0. The molecule has 0 spiro atoms. The van der Waals surface area contributed by atoms with Gasteiger partial charge < -0.3 is 15.2 Å². The maximum absolute atomic E-state index is 11.3. The van der Waals surface area contributed by atoms with E-state index in [0.717, 1.165) is 0 Å². The summed E-state index contributed by atoms with van der Waals surface area (Å²) in [6.45, 7) is 4.67. The molecule has 2 N–H and O–H groups in total. The van der Waals surface area contributed by atoms with E-state index in [1.165, 1.54) is 0 Å². The van der Waals surface area contributed by atoms with Gasteiger partial charge in [-0.2, -0.15) is 0 Å². The van der Waals surface area contributed by atoms with Crippen LogP contribution in [-0.4, -0.2) is 23.6 Å². The molecule has 0 radical (unpaired) electrons. The van der Waals surface area contributed by atoms with Gasteiger partial charge in [0, 0.05) is 11.8 Å². The quantitative estimate of drug-likeness (QED) is 0.759. The lowest BCUT2D eigenvalue weighted by molar-refractivity contribution is -0.139. The van der Waals surface area contributed by atoms with Crippen LogP contribution in [0, 0.1) is 5.92 Å². The number of ether oxygens (including phenoxy) is 1. The Balaban J connectivity index is 2.59. The van der Waals surface area contributed by atoms with Crippen molar-refractivity contribution in [2.75, 3.05) is 11.9 Å². The summed E-state index contributed by atoms with van der Waals surface area (Å²) in [5.41, 5.74) is 0.530. The van der Waals surface area contributed by atoms with Gasteiger partial charge in [0.05, 0.1) is 6.61 Å². The molecule has 18 heavy (non-hydrogen) atoms. The standard InChI is InChI=1S/C13H17NO4/c1-9(2)8-18-11-5-3-4-10(6-11)14-12(15)7-13(16)17/h3-6,9H,7-8H2,1-2H3,(H,14,15)(H,16,17). The maximum Gasteiger partial charge on any atom is 0.312 e. The molecule has 0 aliphatic rings. The molecule has 0 saturated carbocycles. The molecule has 0 heterocycles. The van der Waals surface area contributed by atoms with Gasteiger partial charge in [0.2, 0.25) is 5.91 Å². The number of carbonyl (C=O) groups excluding carboxylic acids is 1. The zero-order valence-electron chi connectivity index (χ0n) is 10.5. The number of amides is 1. The highest BCUT2D eigenvalue weighted by molar-refractivity contribution is 6.01. The Hall–Kier alpha value is -2.04. The van der Waals surface area contributed by atoms with E-state index < -0.39 is 18.3 Å². The molecule has 0 bridgehead atoms. The summed E-state index contributed by atoms with van der Waals surface area (Å²) in [6.07, 6.45) is -0.545. The number of nitrogens with one attached hydrogen (secondary N) is 1. The molecule has 1 aromatic rings. The smallest absolute Gasteiger partial charge is 0.312 e. The molecule has 0 saturated heterocycles. The summed E-state index contributed by atoms with van der Waals surface area (Å²) >= 11 is 0. The Kier molecular flexibility index (Phi) is 5.17. The summed E-state index contributed by atoms with van der Waals surface area (Å²) in [7, 11) is 0. The highest BCUT2D eigenvalue weighted by Crippen LogP contribution is 2.18. The van der Waals surface area contributed by atoms with Crippen LogP contribution < -0.4 is 10.1 Å². The Morgan fingerprint density at radius 3 is 2.72 bits per heavy atom. The van der Waals surface area contributed by atoms with Gasteiger partial charge in [-0.25, -0.2) is 0 Å². The van der Waals surface area contributed by atoms with E-state index >= 15 is 0 Å². The van der Waals surface area contributed by atoms with Crippen LogP contribution in [0.2, 0.25) is 0 Å². The molecule has 0 aromatic heterocycles. The summed E-state index contributed by atoms with van der Waals surface area (Å²) < 4.78 is 5.50. The van der Waals surface area contributed by atoms with E-state index in [0.29, 0.717) is 24.0 Å². The molecule has 1 amide bonds. The van der Waals surface area contributed by atoms with Gasteiger partial charge in [-0.3, -0.25) is 9.59 Å². The summed E-state index contributed by atoms with van der Waals surface area (Å²) in [5.74, 6) is -0.643. The second-order valence-electron chi connectivity index (χ2n) is 4.35. The lowest BCUT2D eigenvalue weighted by atomic mass is 10.2. The highest BCUT2D eigenvalue weighted by atomic mass is 16.5. The van der Waals surface area contributed by atoms with Crippen LogP contribution in [0.3, 0.4) is 0 Å². The fraction of sp³-hybridized carbons (Fsp3) is 0.385. The van der Waals surface area contributed by atoms with Crippen LogP contribution in [-0.2, 0) is 9.59 Å². The van der Waals surface area contributed by atoms with Crippen molar-refractivity contribution in [2.45, 2.75) is 20.3 Å². The van der Waals surface area contributed by atoms with E-state index in [9.17, 15) is 9.59 Å². The first kappa shape index (κ1) is 14.0. The molecule has 5 heteroatoms. The van der Waals surface area contributed by atoms with Crippen molar-refractivity contribution in [2.24, 2.45) is 5.92 Å². The van der Waals surface area contributed by atoms with Crippen LogP contribution in [0.5, 0.6) is 5.75 Å². The predicted molar refractivity (Wildman–Crippen MR) is 67.7 cm³/mol. The van der Waals surface area contributed by atoms with Crippen molar-refractivity contribution in [3.05, 3.63) is 24.3 Å². The number of carboxylic acids is 1. The third-order valence-corrected chi connectivity index (χ3v) is 2.01. The van der Waals surface area contributed by atoms with E-state index in [4.69, 9.17) is 9.84 Å². The number of hydrogen-bond acceptors (Lipinski definition) is 3. The number of carbonyl (C=O) groups is 2. The highest BCUT2D eigenvalue weighted by Gasteiger charge is 2.08. The molecule has 0 aliphatic carbocycles. The van der Waals surface area contributed by atoms with Crippen molar-refractivity contribution in [3.63, 3.8) is 0 Å². The van der Waals surface area contributed by atoms with Crippen molar-refractivity contribution < 1.29 is 19.4 Å². The normalized spacial score (nSPS) is 10.2. The first-order valence-corrected chi connectivity index (χ1v) is 5.72. The van der Waals surface area contributed by atoms with Gasteiger partial charge in [0.15, 0.2) is 0 Å². The van der Waals surface area contributed by atoms with E-state index in [-0.39, 0.29) is 0 Å². The number of rotatable bonds is 6. The van der Waals surface area contributed by atoms with Crippen LogP contribution in [0.15, 0.2) is 24.3 Å². The SMILES string of the molecule is CC(C)COc1cccc(NC(=O)CC(=O)O)c1. The number of hydrogen-bond donors (Lipinski definition) is 2. The van der Waals surface area contributed by atoms with Crippen LogP contribution in [0.1, 0.15) is 20.3 Å². The molecule has 1 rings (SSSR count). The Bertz CT molecular complexity index is 429. The lowest BCUT2D eigenvalue weighted by Crippen LogP contribution is -2.15. The Labute approximate surface area is 106 Å². The zero-order chi connectivity index (χ0) is 13.5. The maximum atomic E-state index is 11.3. The monoisotopic (exact) mass is 251 g/mol. The van der Waals surface area contributed by atoms with Gasteiger partial charge in [0.1, 0.15) is 12.2 Å². The molecule has 1 aromatic carbocycles. The van der Waals surface area contributed by atoms with Gasteiger partial charge in [-0.15, -0.1) is 0 Å².